The second-order valence-corrected chi connectivity index (χ2v) is 7.54. The van der Waals surface area contributed by atoms with Gasteiger partial charge in [0.2, 0.25) is 5.91 Å². The van der Waals surface area contributed by atoms with Crippen LogP contribution in [-0.2, 0) is 11.2 Å². The van der Waals surface area contributed by atoms with E-state index >= 15 is 0 Å². The van der Waals surface area contributed by atoms with E-state index < -0.39 is 0 Å². The van der Waals surface area contributed by atoms with E-state index in [1.54, 1.807) is 0 Å². The van der Waals surface area contributed by atoms with Gasteiger partial charge in [-0.1, -0.05) is 25.3 Å². The summed E-state index contributed by atoms with van der Waals surface area (Å²) in [7, 11) is 1.93. The van der Waals surface area contributed by atoms with Crippen LogP contribution in [0.4, 0.5) is 11.4 Å². The summed E-state index contributed by atoms with van der Waals surface area (Å²) in [5, 5.41) is 0. The van der Waals surface area contributed by atoms with Gasteiger partial charge in [-0.2, -0.15) is 0 Å². The normalized spacial score (nSPS) is 24.0. The van der Waals surface area contributed by atoms with Gasteiger partial charge in [0.25, 0.3) is 0 Å². The molecule has 1 aliphatic carbocycles. The van der Waals surface area contributed by atoms with Gasteiger partial charge in [0.1, 0.15) is 0 Å². The van der Waals surface area contributed by atoms with Gasteiger partial charge in [-0.3, -0.25) is 4.79 Å². The van der Waals surface area contributed by atoms with Gasteiger partial charge in [-0.15, -0.1) is 0 Å². The maximum atomic E-state index is 12.1. The molecule has 0 bridgehead atoms. The third-order valence-electron chi connectivity index (χ3n) is 5.97. The third-order valence-corrected chi connectivity index (χ3v) is 5.97. The molecule has 0 atom stereocenters. The molecule has 1 aromatic rings. The van der Waals surface area contributed by atoms with Crippen molar-refractivity contribution in [2.75, 3.05) is 29.9 Å². The fourth-order valence-electron chi connectivity index (χ4n) is 4.57. The van der Waals surface area contributed by atoms with Crippen molar-refractivity contribution >= 4 is 17.3 Å². The summed E-state index contributed by atoms with van der Waals surface area (Å²) in [4.78, 5) is 16.5. The highest BCUT2D eigenvalue weighted by Crippen LogP contribution is 2.46. The quantitative estimate of drug-likeness (QED) is 0.788. The van der Waals surface area contributed by atoms with Gasteiger partial charge in [-0.05, 0) is 43.4 Å². The van der Waals surface area contributed by atoms with Crippen molar-refractivity contribution in [2.24, 2.45) is 5.41 Å². The highest BCUT2D eigenvalue weighted by atomic mass is 16.2. The summed E-state index contributed by atoms with van der Waals surface area (Å²) in [5.74, 6) is 0.253. The van der Waals surface area contributed by atoms with Crippen molar-refractivity contribution in [3.63, 3.8) is 0 Å². The van der Waals surface area contributed by atoms with Crippen LogP contribution in [0.3, 0.4) is 0 Å². The number of carbonyl (C=O) groups is 1. The number of aryl methyl sites for hydroxylation is 1. The van der Waals surface area contributed by atoms with Crippen molar-refractivity contribution < 1.29 is 4.79 Å². The SMILES string of the molecule is CN1C(=O)CCCc2ccc(N3CC4(CCCCC4)C3)cc21. The molecule has 2 heterocycles. The van der Waals surface area contributed by atoms with Crippen molar-refractivity contribution in [1.82, 2.24) is 0 Å². The number of fused-ring (bicyclic) bond motifs is 1. The topological polar surface area (TPSA) is 23.6 Å². The van der Waals surface area contributed by atoms with E-state index in [0.717, 1.165) is 18.5 Å². The number of anilines is 2. The zero-order chi connectivity index (χ0) is 15.2. The van der Waals surface area contributed by atoms with Crippen molar-refractivity contribution in [2.45, 2.75) is 51.4 Å². The Labute approximate surface area is 133 Å². The van der Waals surface area contributed by atoms with Gasteiger partial charge < -0.3 is 9.80 Å². The van der Waals surface area contributed by atoms with E-state index in [4.69, 9.17) is 0 Å². The Morgan fingerprint density at radius 3 is 2.55 bits per heavy atom. The molecule has 4 rings (SSSR count). The summed E-state index contributed by atoms with van der Waals surface area (Å²) >= 11 is 0. The minimum absolute atomic E-state index is 0.253. The summed E-state index contributed by atoms with van der Waals surface area (Å²) < 4.78 is 0. The molecule has 0 aromatic heterocycles. The van der Waals surface area contributed by atoms with Crippen LogP contribution in [0.1, 0.15) is 50.5 Å². The molecule has 1 saturated carbocycles. The minimum atomic E-state index is 0.253. The first-order valence-electron chi connectivity index (χ1n) is 8.81. The average Bonchev–Trinajstić information content (AvgIpc) is 2.65. The number of hydrogen-bond donors (Lipinski definition) is 0. The van der Waals surface area contributed by atoms with E-state index in [-0.39, 0.29) is 5.91 Å². The maximum absolute atomic E-state index is 12.1. The second kappa shape index (κ2) is 5.29. The Morgan fingerprint density at radius 2 is 1.77 bits per heavy atom. The molecule has 1 saturated heterocycles. The number of rotatable bonds is 1. The van der Waals surface area contributed by atoms with Crippen LogP contribution < -0.4 is 9.80 Å². The zero-order valence-electron chi connectivity index (χ0n) is 13.6. The lowest BCUT2D eigenvalue weighted by molar-refractivity contribution is -0.118. The Morgan fingerprint density at radius 1 is 1.00 bits per heavy atom. The number of hydrogen-bond acceptors (Lipinski definition) is 2. The smallest absolute Gasteiger partial charge is 0.226 e. The molecule has 3 heteroatoms. The molecule has 1 amide bonds. The number of carbonyl (C=O) groups excluding carboxylic acids is 1. The Balaban J connectivity index is 1.55. The van der Waals surface area contributed by atoms with Crippen LogP contribution >= 0.6 is 0 Å². The first kappa shape index (κ1) is 14.1. The fourth-order valence-corrected chi connectivity index (χ4v) is 4.57. The standard InChI is InChI=1S/C19H26N2O/c1-20-17-12-16(9-8-15(17)6-5-7-18(20)22)21-13-19(14-21)10-3-2-4-11-19/h8-9,12H,2-7,10-11,13-14H2,1H3. The highest BCUT2D eigenvalue weighted by Gasteiger charge is 2.43. The Kier molecular flexibility index (Phi) is 3.39. The lowest BCUT2D eigenvalue weighted by atomic mass is 9.68. The average molecular weight is 298 g/mol. The summed E-state index contributed by atoms with van der Waals surface area (Å²) in [5.41, 5.74) is 4.36. The van der Waals surface area contributed by atoms with Crippen LogP contribution in [0.15, 0.2) is 18.2 Å². The molecule has 0 N–H and O–H groups in total. The lowest BCUT2D eigenvalue weighted by Gasteiger charge is -2.53. The summed E-state index contributed by atoms with van der Waals surface area (Å²) in [6, 6.07) is 6.75. The molecule has 22 heavy (non-hydrogen) atoms. The monoisotopic (exact) mass is 298 g/mol. The van der Waals surface area contributed by atoms with Gasteiger partial charge in [0.05, 0.1) is 0 Å². The molecular weight excluding hydrogens is 272 g/mol. The Hall–Kier alpha value is -1.51. The van der Waals surface area contributed by atoms with Crippen LogP contribution in [0.5, 0.6) is 0 Å². The highest BCUT2D eigenvalue weighted by molar-refractivity contribution is 5.95. The Bertz CT molecular complexity index is 581. The van der Waals surface area contributed by atoms with E-state index in [1.165, 1.54) is 56.4 Å². The molecule has 3 nitrogen and oxygen atoms in total. The molecule has 0 unspecified atom stereocenters. The predicted octanol–water partition coefficient (Wildman–Crippen LogP) is 3.76. The lowest BCUT2D eigenvalue weighted by Crippen LogP contribution is -2.57. The maximum Gasteiger partial charge on any atom is 0.226 e. The first-order chi connectivity index (χ1) is 10.7. The van der Waals surface area contributed by atoms with Crippen molar-refractivity contribution in [3.8, 4) is 0 Å². The largest absolute Gasteiger partial charge is 0.370 e. The van der Waals surface area contributed by atoms with Crippen molar-refractivity contribution in [3.05, 3.63) is 23.8 Å². The molecule has 0 radical (unpaired) electrons. The molecule has 118 valence electrons. The molecule has 3 aliphatic rings. The molecule has 1 aromatic carbocycles. The van der Waals surface area contributed by atoms with Gasteiger partial charge in [-0.25, -0.2) is 0 Å². The van der Waals surface area contributed by atoms with E-state index in [1.807, 2.05) is 11.9 Å². The van der Waals surface area contributed by atoms with E-state index in [2.05, 4.69) is 23.1 Å². The zero-order valence-corrected chi connectivity index (χ0v) is 13.6. The summed E-state index contributed by atoms with van der Waals surface area (Å²) in [6.45, 7) is 2.42. The van der Waals surface area contributed by atoms with Crippen LogP contribution in [0, 0.1) is 5.41 Å². The molecule has 2 aliphatic heterocycles. The van der Waals surface area contributed by atoms with Gasteiger partial charge in [0.15, 0.2) is 0 Å². The van der Waals surface area contributed by atoms with Crippen molar-refractivity contribution in [1.29, 1.82) is 0 Å². The molecule has 2 fully saturated rings. The number of nitrogens with zero attached hydrogens (tertiary/aromatic N) is 2. The number of amides is 1. The fraction of sp³-hybridized carbons (Fsp3) is 0.632. The van der Waals surface area contributed by atoms with Gasteiger partial charge in [0, 0.05) is 43.3 Å². The first-order valence-corrected chi connectivity index (χ1v) is 8.81. The molecular formula is C19H26N2O. The van der Waals surface area contributed by atoms with Crippen LogP contribution in [0.2, 0.25) is 0 Å². The van der Waals surface area contributed by atoms with Gasteiger partial charge >= 0.3 is 0 Å². The number of benzene rings is 1. The second-order valence-electron chi connectivity index (χ2n) is 7.54. The predicted molar refractivity (Wildman–Crippen MR) is 90.5 cm³/mol. The van der Waals surface area contributed by atoms with E-state index in [9.17, 15) is 4.79 Å². The van der Waals surface area contributed by atoms with Crippen LogP contribution in [-0.4, -0.2) is 26.0 Å². The van der Waals surface area contributed by atoms with E-state index in [0.29, 0.717) is 11.8 Å². The third kappa shape index (κ3) is 2.31. The summed E-state index contributed by atoms with van der Waals surface area (Å²) in [6.07, 6.45) is 9.74. The minimum Gasteiger partial charge on any atom is -0.370 e. The molecule has 1 spiro atoms. The van der Waals surface area contributed by atoms with Crippen LogP contribution in [0.25, 0.3) is 0 Å².